The van der Waals surface area contributed by atoms with Crippen LogP contribution in [0.2, 0.25) is 0 Å². The van der Waals surface area contributed by atoms with Crippen molar-refractivity contribution in [1.82, 2.24) is 15.0 Å². The molecule has 6 aromatic rings. The Morgan fingerprint density at radius 3 is 2.61 bits per heavy atom. The molecule has 160 valence electrons. The zero-order valence-corrected chi connectivity index (χ0v) is 18.2. The van der Waals surface area contributed by atoms with Crippen LogP contribution in [0.25, 0.3) is 32.1 Å². The number of aromatic nitrogens is 3. The number of hydrogen-bond acceptors (Lipinski definition) is 8. The molecule has 0 fully saturated rings. The molecule has 0 aliphatic rings. The number of thiazole rings is 1. The van der Waals surface area contributed by atoms with Crippen LogP contribution in [-0.4, -0.2) is 15.0 Å². The van der Waals surface area contributed by atoms with E-state index in [0.717, 1.165) is 15.6 Å². The summed E-state index contributed by atoms with van der Waals surface area (Å²) in [5, 5.41) is 5.29. The fourth-order valence-electron chi connectivity index (χ4n) is 3.63. The summed E-state index contributed by atoms with van der Waals surface area (Å²) in [6, 6.07) is 22.2. The van der Waals surface area contributed by atoms with Crippen molar-refractivity contribution in [3.05, 3.63) is 88.8 Å². The van der Waals surface area contributed by atoms with E-state index in [9.17, 15) is 4.79 Å². The van der Waals surface area contributed by atoms with Gasteiger partial charge in [0.25, 0.3) is 0 Å². The highest BCUT2D eigenvalue weighted by atomic mass is 32.1. The molecule has 3 heterocycles. The van der Waals surface area contributed by atoms with Crippen LogP contribution in [0.3, 0.4) is 0 Å². The van der Waals surface area contributed by atoms with Crippen LogP contribution >= 0.6 is 11.3 Å². The minimum Gasteiger partial charge on any atom is -0.437 e. The van der Waals surface area contributed by atoms with Crippen LogP contribution in [0.1, 0.15) is 5.56 Å². The van der Waals surface area contributed by atoms with Gasteiger partial charge in [0.15, 0.2) is 5.13 Å². The smallest absolute Gasteiger partial charge is 0.339 e. The molecule has 6 rings (SSSR count). The molecule has 3 aromatic heterocycles. The minimum absolute atomic E-state index is 0.329. The average molecular weight is 452 g/mol. The van der Waals surface area contributed by atoms with E-state index in [-0.39, 0.29) is 0 Å². The van der Waals surface area contributed by atoms with Crippen molar-refractivity contribution in [2.24, 2.45) is 0 Å². The third kappa shape index (κ3) is 3.66. The highest BCUT2D eigenvalue weighted by Gasteiger charge is 2.14. The van der Waals surface area contributed by atoms with E-state index < -0.39 is 5.63 Å². The van der Waals surface area contributed by atoms with Gasteiger partial charge >= 0.3 is 5.63 Å². The standard InChI is InChI=1S/C25H16N4O3S/c1-14-10-11-18-21(12-14)33-25(27-18)29-24-26-17-8-4-2-6-15(17)23(28-24)32-20-13-22(30)31-19-9-5-3-7-16(19)20/h2-13H,1H3,(H,26,27,28,29). The zero-order chi connectivity index (χ0) is 22.4. The zero-order valence-electron chi connectivity index (χ0n) is 17.4. The van der Waals surface area contributed by atoms with Gasteiger partial charge in [0.1, 0.15) is 11.3 Å². The SMILES string of the molecule is Cc1ccc2nc(Nc3nc(Oc4cc(=O)oc5ccccc45)c4ccccc4n3)sc2c1. The van der Waals surface area contributed by atoms with Crippen LogP contribution in [0.15, 0.2) is 82.0 Å². The predicted molar refractivity (Wildman–Crippen MR) is 130 cm³/mol. The Kier molecular flexibility index (Phi) is 4.51. The Hall–Kier alpha value is -4.30. The van der Waals surface area contributed by atoms with E-state index >= 15 is 0 Å². The Bertz CT molecular complexity index is 1720. The number of anilines is 2. The minimum atomic E-state index is -0.495. The van der Waals surface area contributed by atoms with Gasteiger partial charge in [-0.2, -0.15) is 4.98 Å². The Morgan fingerprint density at radius 2 is 1.70 bits per heavy atom. The fraction of sp³-hybridized carbons (Fsp3) is 0.0400. The predicted octanol–water partition coefficient (Wildman–Crippen LogP) is 6.19. The number of aryl methyl sites for hydroxylation is 1. The lowest BCUT2D eigenvalue weighted by Crippen LogP contribution is -2.02. The molecular formula is C25H16N4O3S. The number of rotatable bonds is 4. The molecule has 0 bridgehead atoms. The number of fused-ring (bicyclic) bond motifs is 3. The van der Waals surface area contributed by atoms with Gasteiger partial charge in [0.2, 0.25) is 11.8 Å². The van der Waals surface area contributed by atoms with Crippen LogP contribution in [-0.2, 0) is 0 Å². The molecule has 8 heteroatoms. The molecule has 0 unspecified atom stereocenters. The number of nitrogens with zero attached hydrogens (tertiary/aromatic N) is 3. The summed E-state index contributed by atoms with van der Waals surface area (Å²) in [5.74, 6) is 1.05. The quantitative estimate of drug-likeness (QED) is 0.319. The molecule has 0 saturated heterocycles. The van der Waals surface area contributed by atoms with Gasteiger partial charge < -0.3 is 9.15 Å². The van der Waals surface area contributed by atoms with E-state index in [4.69, 9.17) is 9.15 Å². The molecule has 1 N–H and O–H groups in total. The maximum absolute atomic E-state index is 12.1. The van der Waals surface area contributed by atoms with Crippen molar-refractivity contribution in [2.45, 2.75) is 6.92 Å². The van der Waals surface area contributed by atoms with Crippen LogP contribution < -0.4 is 15.7 Å². The average Bonchev–Trinajstić information content (AvgIpc) is 3.20. The first kappa shape index (κ1) is 19.4. The van der Waals surface area contributed by atoms with Crippen molar-refractivity contribution in [3.8, 4) is 11.6 Å². The lowest BCUT2D eigenvalue weighted by atomic mass is 10.2. The number of benzene rings is 3. The summed E-state index contributed by atoms with van der Waals surface area (Å²) < 4.78 is 12.5. The second kappa shape index (κ2) is 7.68. The van der Waals surface area contributed by atoms with E-state index in [2.05, 4.69) is 33.3 Å². The summed E-state index contributed by atoms with van der Waals surface area (Å²) in [6.45, 7) is 2.05. The largest absolute Gasteiger partial charge is 0.437 e. The first-order valence-electron chi connectivity index (χ1n) is 10.2. The van der Waals surface area contributed by atoms with Crippen LogP contribution in [0.5, 0.6) is 11.6 Å². The maximum atomic E-state index is 12.1. The van der Waals surface area contributed by atoms with Gasteiger partial charge in [-0.1, -0.05) is 41.7 Å². The Morgan fingerprint density at radius 1 is 0.879 bits per heavy atom. The van der Waals surface area contributed by atoms with E-state index in [1.807, 2.05) is 48.5 Å². The van der Waals surface area contributed by atoms with Crippen molar-refractivity contribution in [2.75, 3.05) is 5.32 Å². The number of para-hydroxylation sites is 2. The first-order chi connectivity index (χ1) is 16.1. The molecule has 33 heavy (non-hydrogen) atoms. The Balaban J connectivity index is 1.45. The summed E-state index contributed by atoms with van der Waals surface area (Å²) >= 11 is 1.53. The van der Waals surface area contributed by atoms with Gasteiger partial charge in [0, 0.05) is 0 Å². The molecule has 7 nitrogen and oxygen atoms in total. The summed E-state index contributed by atoms with van der Waals surface area (Å²) in [5.41, 5.74) is 2.74. The van der Waals surface area contributed by atoms with Crippen molar-refractivity contribution in [1.29, 1.82) is 0 Å². The third-order valence-electron chi connectivity index (χ3n) is 5.15. The highest BCUT2D eigenvalue weighted by Crippen LogP contribution is 2.34. The maximum Gasteiger partial charge on any atom is 0.339 e. The number of nitrogens with one attached hydrogen (secondary N) is 1. The summed E-state index contributed by atoms with van der Waals surface area (Å²) in [4.78, 5) is 25.9. The normalized spacial score (nSPS) is 11.3. The third-order valence-corrected chi connectivity index (χ3v) is 6.08. The van der Waals surface area contributed by atoms with Gasteiger partial charge in [-0.3, -0.25) is 5.32 Å². The van der Waals surface area contributed by atoms with E-state index in [1.165, 1.54) is 23.0 Å². The fourth-order valence-corrected chi connectivity index (χ4v) is 4.59. The molecule has 0 spiro atoms. The molecule has 0 aliphatic heterocycles. The van der Waals surface area contributed by atoms with Crippen molar-refractivity contribution < 1.29 is 9.15 Å². The summed E-state index contributed by atoms with van der Waals surface area (Å²) in [7, 11) is 0. The first-order valence-corrected chi connectivity index (χ1v) is 11.1. The van der Waals surface area contributed by atoms with Gasteiger partial charge in [-0.25, -0.2) is 14.8 Å². The molecule has 0 atom stereocenters. The Labute approximate surface area is 191 Å². The van der Waals surface area contributed by atoms with E-state index in [0.29, 0.717) is 39.2 Å². The van der Waals surface area contributed by atoms with E-state index in [1.54, 1.807) is 12.1 Å². The molecule has 0 radical (unpaired) electrons. The molecule has 3 aromatic carbocycles. The molecule has 0 saturated carbocycles. The highest BCUT2D eigenvalue weighted by molar-refractivity contribution is 7.22. The lowest BCUT2D eigenvalue weighted by molar-refractivity contribution is 0.463. The monoisotopic (exact) mass is 452 g/mol. The van der Waals surface area contributed by atoms with Gasteiger partial charge in [-0.05, 0) is 48.9 Å². The van der Waals surface area contributed by atoms with Gasteiger partial charge in [0.05, 0.1) is 32.6 Å². The topological polar surface area (TPSA) is 90.1 Å². The summed E-state index contributed by atoms with van der Waals surface area (Å²) in [6.07, 6.45) is 0. The molecule has 0 amide bonds. The van der Waals surface area contributed by atoms with Crippen LogP contribution in [0, 0.1) is 6.92 Å². The number of hydrogen-bond donors (Lipinski definition) is 1. The number of ether oxygens (including phenoxy) is 1. The lowest BCUT2D eigenvalue weighted by Gasteiger charge is -2.11. The van der Waals surface area contributed by atoms with Crippen molar-refractivity contribution in [3.63, 3.8) is 0 Å². The van der Waals surface area contributed by atoms with Gasteiger partial charge in [-0.15, -0.1) is 0 Å². The second-order valence-electron chi connectivity index (χ2n) is 7.51. The second-order valence-corrected chi connectivity index (χ2v) is 8.54. The van der Waals surface area contributed by atoms with Crippen LogP contribution in [0.4, 0.5) is 11.1 Å². The molecule has 0 aliphatic carbocycles. The molecular weight excluding hydrogens is 436 g/mol. The van der Waals surface area contributed by atoms with Crippen molar-refractivity contribution >= 4 is 54.5 Å².